The van der Waals surface area contributed by atoms with Crippen LogP contribution in [0.3, 0.4) is 0 Å². The summed E-state index contributed by atoms with van der Waals surface area (Å²) in [6.07, 6.45) is 0.507. The van der Waals surface area contributed by atoms with Gasteiger partial charge in [-0.3, -0.25) is 4.79 Å². The second-order valence-corrected chi connectivity index (χ2v) is 5.65. The van der Waals surface area contributed by atoms with E-state index in [1.807, 2.05) is 25.1 Å². The fourth-order valence-corrected chi connectivity index (χ4v) is 2.00. The maximum absolute atomic E-state index is 11.9. The molecule has 0 fully saturated rings. The van der Waals surface area contributed by atoms with E-state index < -0.39 is 11.5 Å². The highest BCUT2D eigenvalue weighted by molar-refractivity contribution is 9.10. The normalized spacial score (nSPS) is 13.7. The van der Waals surface area contributed by atoms with Crippen LogP contribution in [0.1, 0.15) is 31.4 Å². The van der Waals surface area contributed by atoms with Crippen LogP contribution in [-0.4, -0.2) is 22.5 Å². The van der Waals surface area contributed by atoms with Gasteiger partial charge in [0, 0.05) is 4.47 Å². The molecule has 5 heteroatoms. The fraction of sp³-hybridized carbons (Fsp3) is 0.429. The Balaban J connectivity index is 2.75. The lowest BCUT2D eigenvalue weighted by molar-refractivity contribution is -0.146. The van der Waals surface area contributed by atoms with Crippen molar-refractivity contribution in [1.29, 1.82) is 0 Å². The van der Waals surface area contributed by atoms with Gasteiger partial charge in [-0.1, -0.05) is 35.0 Å². The van der Waals surface area contributed by atoms with Crippen LogP contribution in [0.25, 0.3) is 0 Å². The lowest BCUT2D eigenvalue weighted by Crippen LogP contribution is -2.52. The topological polar surface area (TPSA) is 66.4 Å². The number of benzene rings is 1. The summed E-state index contributed by atoms with van der Waals surface area (Å²) in [5, 5.41) is 11.7. The average molecular weight is 328 g/mol. The third-order valence-electron chi connectivity index (χ3n) is 3.20. The molecule has 1 rings (SSSR count). The molecular formula is C14H18BrNO3. The monoisotopic (exact) mass is 327 g/mol. The van der Waals surface area contributed by atoms with Crippen molar-refractivity contribution in [2.45, 2.75) is 39.2 Å². The summed E-state index contributed by atoms with van der Waals surface area (Å²) in [6, 6.07) is 5.66. The summed E-state index contributed by atoms with van der Waals surface area (Å²) in [4.78, 5) is 23.0. The Kier molecular flexibility index (Phi) is 5.11. The molecule has 0 radical (unpaired) electrons. The minimum Gasteiger partial charge on any atom is -0.480 e. The zero-order valence-electron chi connectivity index (χ0n) is 11.3. The number of carbonyl (C=O) groups excluding carboxylic acids is 1. The van der Waals surface area contributed by atoms with Gasteiger partial charge in [0.1, 0.15) is 5.54 Å². The number of rotatable bonds is 5. The highest BCUT2D eigenvalue weighted by atomic mass is 79.9. The van der Waals surface area contributed by atoms with Gasteiger partial charge in [0.05, 0.1) is 6.42 Å². The number of carboxylic acid groups (broad SMARTS) is 1. The molecule has 0 saturated carbocycles. The Morgan fingerprint density at radius 1 is 1.42 bits per heavy atom. The summed E-state index contributed by atoms with van der Waals surface area (Å²) in [7, 11) is 0. The maximum atomic E-state index is 11.9. The zero-order chi connectivity index (χ0) is 14.6. The summed E-state index contributed by atoms with van der Waals surface area (Å²) in [5.74, 6) is -1.31. The van der Waals surface area contributed by atoms with Crippen molar-refractivity contribution in [1.82, 2.24) is 5.32 Å². The Labute approximate surface area is 121 Å². The van der Waals surface area contributed by atoms with Gasteiger partial charge < -0.3 is 10.4 Å². The third kappa shape index (κ3) is 4.06. The fourth-order valence-electron chi connectivity index (χ4n) is 1.58. The number of carboxylic acids is 1. The van der Waals surface area contributed by atoms with E-state index in [-0.39, 0.29) is 12.3 Å². The number of aliphatic carboxylic acids is 1. The molecule has 104 valence electrons. The summed E-state index contributed by atoms with van der Waals surface area (Å²) < 4.78 is 0.939. The Morgan fingerprint density at radius 2 is 2.05 bits per heavy atom. The molecule has 0 aliphatic rings. The van der Waals surface area contributed by atoms with E-state index in [0.717, 1.165) is 15.6 Å². The summed E-state index contributed by atoms with van der Waals surface area (Å²) >= 11 is 3.41. The molecule has 0 spiro atoms. The largest absolute Gasteiger partial charge is 0.480 e. The summed E-state index contributed by atoms with van der Waals surface area (Å²) in [6.45, 7) is 5.21. The second kappa shape index (κ2) is 6.19. The molecular weight excluding hydrogens is 310 g/mol. The first-order valence-corrected chi connectivity index (χ1v) is 6.87. The Hall–Kier alpha value is -1.36. The number of aryl methyl sites for hydroxylation is 1. The van der Waals surface area contributed by atoms with E-state index in [0.29, 0.717) is 6.42 Å². The first-order valence-electron chi connectivity index (χ1n) is 6.08. The molecule has 1 aromatic rings. The molecule has 1 amide bonds. The van der Waals surface area contributed by atoms with Gasteiger partial charge in [-0.2, -0.15) is 0 Å². The van der Waals surface area contributed by atoms with E-state index in [9.17, 15) is 9.59 Å². The first-order chi connectivity index (χ1) is 8.78. The van der Waals surface area contributed by atoms with Crippen LogP contribution in [0.5, 0.6) is 0 Å². The van der Waals surface area contributed by atoms with Gasteiger partial charge in [-0.15, -0.1) is 0 Å². The van der Waals surface area contributed by atoms with Crippen LogP contribution in [0.2, 0.25) is 0 Å². The molecule has 2 N–H and O–H groups in total. The van der Waals surface area contributed by atoms with Gasteiger partial charge in [0.15, 0.2) is 0 Å². The minimum absolute atomic E-state index is 0.168. The number of hydrogen-bond acceptors (Lipinski definition) is 2. The maximum Gasteiger partial charge on any atom is 0.329 e. The van der Waals surface area contributed by atoms with Crippen LogP contribution < -0.4 is 5.32 Å². The van der Waals surface area contributed by atoms with Crippen molar-refractivity contribution in [2.75, 3.05) is 0 Å². The van der Waals surface area contributed by atoms with Gasteiger partial charge in [-0.25, -0.2) is 4.79 Å². The lowest BCUT2D eigenvalue weighted by atomic mass is 9.98. The summed E-state index contributed by atoms with van der Waals surface area (Å²) in [5.41, 5.74) is 0.728. The van der Waals surface area contributed by atoms with Crippen LogP contribution in [0.4, 0.5) is 0 Å². The molecule has 0 aliphatic heterocycles. The van der Waals surface area contributed by atoms with Gasteiger partial charge in [0.2, 0.25) is 5.91 Å². The Morgan fingerprint density at radius 3 is 2.53 bits per heavy atom. The SMILES string of the molecule is CCC(C)(NC(=O)Cc1ccc(C)c(Br)c1)C(=O)O. The average Bonchev–Trinajstić information content (AvgIpc) is 2.33. The first kappa shape index (κ1) is 15.7. The smallest absolute Gasteiger partial charge is 0.329 e. The van der Waals surface area contributed by atoms with Gasteiger partial charge >= 0.3 is 5.97 Å². The van der Waals surface area contributed by atoms with Crippen LogP contribution in [0.15, 0.2) is 22.7 Å². The standard InChI is InChI=1S/C14H18BrNO3/c1-4-14(3,13(18)19)16-12(17)8-10-6-5-9(2)11(15)7-10/h5-7H,4,8H2,1-3H3,(H,16,17)(H,18,19). The Bertz CT molecular complexity index is 501. The molecule has 4 nitrogen and oxygen atoms in total. The van der Waals surface area contributed by atoms with Crippen molar-refractivity contribution in [3.05, 3.63) is 33.8 Å². The van der Waals surface area contributed by atoms with Crippen LogP contribution in [-0.2, 0) is 16.0 Å². The molecule has 1 aromatic carbocycles. The van der Waals surface area contributed by atoms with E-state index in [1.54, 1.807) is 6.92 Å². The molecule has 19 heavy (non-hydrogen) atoms. The number of carbonyl (C=O) groups is 2. The predicted octanol–water partition coefficient (Wildman–Crippen LogP) is 2.67. The van der Waals surface area contributed by atoms with E-state index in [2.05, 4.69) is 21.2 Å². The number of amides is 1. The van der Waals surface area contributed by atoms with Gasteiger partial charge in [-0.05, 0) is 37.5 Å². The molecule has 1 atom stereocenters. The quantitative estimate of drug-likeness (QED) is 0.873. The van der Waals surface area contributed by atoms with E-state index in [1.165, 1.54) is 6.92 Å². The predicted molar refractivity (Wildman–Crippen MR) is 77.1 cm³/mol. The molecule has 1 unspecified atom stereocenters. The second-order valence-electron chi connectivity index (χ2n) is 4.80. The van der Waals surface area contributed by atoms with Crippen molar-refractivity contribution in [2.24, 2.45) is 0 Å². The highest BCUT2D eigenvalue weighted by Crippen LogP contribution is 2.18. The van der Waals surface area contributed by atoms with E-state index in [4.69, 9.17) is 5.11 Å². The third-order valence-corrected chi connectivity index (χ3v) is 4.05. The molecule has 0 saturated heterocycles. The van der Waals surface area contributed by atoms with Crippen molar-refractivity contribution < 1.29 is 14.7 Å². The molecule has 0 heterocycles. The number of hydrogen-bond donors (Lipinski definition) is 2. The minimum atomic E-state index is -1.21. The lowest BCUT2D eigenvalue weighted by Gasteiger charge is -2.24. The van der Waals surface area contributed by atoms with Gasteiger partial charge in [0.25, 0.3) is 0 Å². The van der Waals surface area contributed by atoms with Crippen molar-refractivity contribution in [3.8, 4) is 0 Å². The highest BCUT2D eigenvalue weighted by Gasteiger charge is 2.32. The van der Waals surface area contributed by atoms with Crippen molar-refractivity contribution >= 4 is 27.8 Å². The number of halogens is 1. The molecule has 0 aliphatic carbocycles. The molecule has 0 aromatic heterocycles. The van der Waals surface area contributed by atoms with Crippen LogP contribution >= 0.6 is 15.9 Å². The van der Waals surface area contributed by atoms with E-state index >= 15 is 0 Å². The van der Waals surface area contributed by atoms with Crippen molar-refractivity contribution in [3.63, 3.8) is 0 Å². The van der Waals surface area contributed by atoms with Crippen LogP contribution in [0, 0.1) is 6.92 Å². The number of nitrogens with one attached hydrogen (secondary N) is 1. The zero-order valence-corrected chi connectivity index (χ0v) is 12.9. The molecule has 0 bridgehead atoms.